The van der Waals surface area contributed by atoms with Gasteiger partial charge in [-0.15, -0.1) is 0 Å². The fraction of sp³-hybridized carbons (Fsp3) is 0.200. The molecule has 1 heterocycles. The molecular weight excluding hydrogens is 240 g/mol. The molecular formula is C15H16N2O2. The van der Waals surface area contributed by atoms with E-state index in [4.69, 9.17) is 4.74 Å². The largest absolute Gasteiger partial charge is 0.380 e. The number of nitrogens with zero attached hydrogens (tertiary/aromatic N) is 1. The molecule has 0 aliphatic heterocycles. The zero-order valence-corrected chi connectivity index (χ0v) is 10.8. The number of nitrogens with one attached hydrogen (secondary N) is 1. The third-order valence-electron chi connectivity index (χ3n) is 2.68. The Morgan fingerprint density at radius 1 is 1.26 bits per heavy atom. The Balaban J connectivity index is 1.98. The van der Waals surface area contributed by atoms with Crippen LogP contribution < -0.4 is 5.32 Å². The summed E-state index contributed by atoms with van der Waals surface area (Å²) < 4.78 is 5.05. The van der Waals surface area contributed by atoms with Crippen molar-refractivity contribution >= 4 is 5.91 Å². The molecule has 0 radical (unpaired) electrons. The number of rotatable bonds is 5. The van der Waals surface area contributed by atoms with E-state index in [9.17, 15) is 4.79 Å². The quantitative estimate of drug-likeness (QED) is 0.891. The molecule has 0 saturated heterocycles. The number of amides is 1. The maximum atomic E-state index is 12.0. The highest BCUT2D eigenvalue weighted by molar-refractivity contribution is 5.94. The Bertz CT molecular complexity index is 541. The first kappa shape index (κ1) is 13.2. The molecule has 1 amide bonds. The molecule has 0 bridgehead atoms. The fourth-order valence-corrected chi connectivity index (χ4v) is 1.76. The Morgan fingerprint density at radius 3 is 2.84 bits per heavy atom. The Morgan fingerprint density at radius 2 is 2.11 bits per heavy atom. The van der Waals surface area contributed by atoms with Crippen molar-refractivity contribution in [3.63, 3.8) is 0 Å². The van der Waals surface area contributed by atoms with E-state index in [-0.39, 0.29) is 5.91 Å². The summed E-state index contributed by atoms with van der Waals surface area (Å²) in [7, 11) is 1.63. The molecule has 4 nitrogen and oxygen atoms in total. The first-order valence-corrected chi connectivity index (χ1v) is 6.04. The van der Waals surface area contributed by atoms with Gasteiger partial charge < -0.3 is 10.1 Å². The van der Waals surface area contributed by atoms with Gasteiger partial charge in [0.2, 0.25) is 0 Å². The molecule has 1 N–H and O–H groups in total. The van der Waals surface area contributed by atoms with Gasteiger partial charge >= 0.3 is 0 Å². The lowest BCUT2D eigenvalue weighted by Crippen LogP contribution is -2.22. The van der Waals surface area contributed by atoms with E-state index in [1.165, 1.54) is 0 Å². The van der Waals surface area contributed by atoms with Crippen molar-refractivity contribution in [2.24, 2.45) is 0 Å². The van der Waals surface area contributed by atoms with Gasteiger partial charge in [0.1, 0.15) is 0 Å². The third kappa shape index (κ3) is 3.89. The molecule has 2 aromatic rings. The van der Waals surface area contributed by atoms with Crippen molar-refractivity contribution in [1.82, 2.24) is 10.3 Å². The summed E-state index contributed by atoms with van der Waals surface area (Å²) in [4.78, 5) is 16.0. The second-order valence-corrected chi connectivity index (χ2v) is 4.18. The van der Waals surface area contributed by atoms with E-state index < -0.39 is 0 Å². The van der Waals surface area contributed by atoms with Gasteiger partial charge in [0.15, 0.2) is 0 Å². The molecule has 0 aliphatic rings. The summed E-state index contributed by atoms with van der Waals surface area (Å²) in [5.74, 6) is -0.0955. The topological polar surface area (TPSA) is 51.2 Å². The number of carbonyl (C=O) groups excluding carboxylic acids is 1. The molecule has 1 aromatic carbocycles. The standard InChI is InChI=1S/C15H16N2O2/c1-19-11-12-4-2-6-14(8-12)15(18)17-10-13-5-3-7-16-9-13/h2-9H,10-11H2,1H3,(H,17,18). The van der Waals surface area contributed by atoms with Crippen LogP contribution in [0.25, 0.3) is 0 Å². The van der Waals surface area contributed by atoms with Gasteiger partial charge in [-0.25, -0.2) is 0 Å². The highest BCUT2D eigenvalue weighted by Crippen LogP contribution is 2.07. The summed E-state index contributed by atoms with van der Waals surface area (Å²) >= 11 is 0. The van der Waals surface area contributed by atoms with E-state index in [1.54, 1.807) is 25.6 Å². The summed E-state index contributed by atoms with van der Waals surface area (Å²) in [6.07, 6.45) is 3.45. The summed E-state index contributed by atoms with van der Waals surface area (Å²) in [6.45, 7) is 0.977. The molecule has 0 fully saturated rings. The molecule has 4 heteroatoms. The van der Waals surface area contributed by atoms with Gasteiger partial charge in [0, 0.05) is 31.6 Å². The van der Waals surface area contributed by atoms with E-state index in [2.05, 4.69) is 10.3 Å². The van der Waals surface area contributed by atoms with Crippen LogP contribution in [0.1, 0.15) is 21.5 Å². The first-order chi connectivity index (χ1) is 9.29. The van der Waals surface area contributed by atoms with Gasteiger partial charge in [-0.05, 0) is 29.3 Å². The second-order valence-electron chi connectivity index (χ2n) is 4.18. The number of aromatic nitrogens is 1. The lowest BCUT2D eigenvalue weighted by Gasteiger charge is -2.06. The summed E-state index contributed by atoms with van der Waals surface area (Å²) in [6, 6.07) is 11.2. The lowest BCUT2D eigenvalue weighted by atomic mass is 10.1. The van der Waals surface area contributed by atoms with Crippen LogP contribution in [-0.2, 0) is 17.9 Å². The predicted molar refractivity (Wildman–Crippen MR) is 72.6 cm³/mol. The van der Waals surface area contributed by atoms with Crippen molar-refractivity contribution in [3.8, 4) is 0 Å². The van der Waals surface area contributed by atoms with Gasteiger partial charge in [0.05, 0.1) is 6.61 Å². The molecule has 0 aliphatic carbocycles. The van der Waals surface area contributed by atoms with Crippen LogP contribution >= 0.6 is 0 Å². The van der Waals surface area contributed by atoms with Gasteiger partial charge in [-0.3, -0.25) is 9.78 Å². The third-order valence-corrected chi connectivity index (χ3v) is 2.68. The number of ether oxygens (including phenoxy) is 1. The molecule has 98 valence electrons. The molecule has 0 saturated carbocycles. The van der Waals surface area contributed by atoms with Crippen LogP contribution in [0, 0.1) is 0 Å². The zero-order valence-electron chi connectivity index (χ0n) is 10.8. The molecule has 2 rings (SSSR count). The maximum absolute atomic E-state index is 12.0. The first-order valence-electron chi connectivity index (χ1n) is 6.04. The van der Waals surface area contributed by atoms with Crippen LogP contribution in [0.15, 0.2) is 48.8 Å². The number of pyridine rings is 1. The average Bonchev–Trinajstić information content (AvgIpc) is 2.46. The summed E-state index contributed by atoms with van der Waals surface area (Å²) in [5.41, 5.74) is 2.60. The van der Waals surface area contributed by atoms with E-state index >= 15 is 0 Å². The molecule has 1 aromatic heterocycles. The number of hydrogen-bond acceptors (Lipinski definition) is 3. The van der Waals surface area contributed by atoms with Gasteiger partial charge in [-0.2, -0.15) is 0 Å². The van der Waals surface area contributed by atoms with Crippen LogP contribution in [0.5, 0.6) is 0 Å². The minimum Gasteiger partial charge on any atom is -0.380 e. The van der Waals surface area contributed by atoms with Gasteiger partial charge in [-0.1, -0.05) is 18.2 Å². The fourth-order valence-electron chi connectivity index (χ4n) is 1.76. The lowest BCUT2D eigenvalue weighted by molar-refractivity contribution is 0.0950. The van der Waals surface area contributed by atoms with Crippen LogP contribution in [0.3, 0.4) is 0 Å². The molecule has 0 unspecified atom stereocenters. The number of benzene rings is 1. The highest BCUT2D eigenvalue weighted by atomic mass is 16.5. The SMILES string of the molecule is COCc1cccc(C(=O)NCc2cccnc2)c1. The van der Waals surface area contributed by atoms with E-state index in [0.29, 0.717) is 18.7 Å². The van der Waals surface area contributed by atoms with Crippen LogP contribution in [0.2, 0.25) is 0 Å². The van der Waals surface area contributed by atoms with Crippen molar-refractivity contribution in [3.05, 3.63) is 65.5 Å². The minimum atomic E-state index is -0.0955. The molecule has 19 heavy (non-hydrogen) atoms. The Labute approximate surface area is 112 Å². The van der Waals surface area contributed by atoms with Crippen molar-refractivity contribution in [1.29, 1.82) is 0 Å². The number of methoxy groups -OCH3 is 1. The average molecular weight is 256 g/mol. The molecule has 0 spiro atoms. The maximum Gasteiger partial charge on any atom is 0.251 e. The Kier molecular flexibility index (Phi) is 4.64. The monoisotopic (exact) mass is 256 g/mol. The normalized spacial score (nSPS) is 10.2. The van der Waals surface area contributed by atoms with Crippen molar-refractivity contribution in [2.45, 2.75) is 13.2 Å². The van der Waals surface area contributed by atoms with Gasteiger partial charge in [0.25, 0.3) is 5.91 Å². The Hall–Kier alpha value is -2.20. The second kappa shape index (κ2) is 6.66. The van der Waals surface area contributed by atoms with Crippen molar-refractivity contribution in [2.75, 3.05) is 7.11 Å². The minimum absolute atomic E-state index is 0.0955. The smallest absolute Gasteiger partial charge is 0.251 e. The van der Waals surface area contributed by atoms with E-state index in [0.717, 1.165) is 11.1 Å². The number of hydrogen-bond donors (Lipinski definition) is 1. The molecule has 0 atom stereocenters. The van der Waals surface area contributed by atoms with Crippen LogP contribution in [0.4, 0.5) is 0 Å². The van der Waals surface area contributed by atoms with Crippen molar-refractivity contribution < 1.29 is 9.53 Å². The zero-order chi connectivity index (χ0) is 13.5. The summed E-state index contributed by atoms with van der Waals surface area (Å²) in [5, 5.41) is 2.86. The predicted octanol–water partition coefficient (Wildman–Crippen LogP) is 2.16. The van der Waals surface area contributed by atoms with Crippen LogP contribution in [-0.4, -0.2) is 18.0 Å². The number of carbonyl (C=O) groups is 1. The van der Waals surface area contributed by atoms with E-state index in [1.807, 2.05) is 30.3 Å². The highest BCUT2D eigenvalue weighted by Gasteiger charge is 2.05.